The lowest BCUT2D eigenvalue weighted by molar-refractivity contribution is -0.117. The van der Waals surface area contributed by atoms with Gasteiger partial charge in [-0.2, -0.15) is 0 Å². The van der Waals surface area contributed by atoms with Gasteiger partial charge in [0.05, 0.1) is 47.5 Å². The van der Waals surface area contributed by atoms with Crippen molar-refractivity contribution in [3.8, 4) is 28.4 Å². The van der Waals surface area contributed by atoms with Crippen molar-refractivity contribution in [2.75, 3.05) is 55.4 Å². The standard InChI is InChI=1S/C38H44N8O4/c1-49-33-23-31(46-17-11-27(12-18-46)45-15-2-3-16-45)29(40-37(48)25-7-8-25)22-30(33)42-38-39-14-10-28(41-38)36-35(43-34(44-36)5-4-19-47)26-9-6-24-13-20-50-32(24)21-26/h6,9-10,13-14,20-23,25,27,47H,2-5,7-8,11-12,15-19H2,1H3,(H,40,48)(H,43,44)(H,39,41,42). The maximum atomic E-state index is 13.1. The first-order valence-corrected chi connectivity index (χ1v) is 17.9. The van der Waals surface area contributed by atoms with Crippen LogP contribution in [0.1, 0.15) is 50.8 Å². The van der Waals surface area contributed by atoms with E-state index in [4.69, 9.17) is 19.1 Å². The van der Waals surface area contributed by atoms with Crippen molar-refractivity contribution in [1.82, 2.24) is 24.8 Å². The van der Waals surface area contributed by atoms with E-state index in [2.05, 4.69) is 30.4 Å². The number of amides is 1. The molecule has 2 aliphatic heterocycles. The highest BCUT2D eigenvalue weighted by Gasteiger charge is 2.32. The Hall–Kier alpha value is -4.94. The Balaban J connectivity index is 1.10. The summed E-state index contributed by atoms with van der Waals surface area (Å²) < 4.78 is 11.6. The molecule has 0 bridgehead atoms. The molecule has 3 fully saturated rings. The van der Waals surface area contributed by atoms with Gasteiger partial charge < -0.3 is 39.7 Å². The minimum Gasteiger partial charge on any atom is -0.494 e. The van der Waals surface area contributed by atoms with E-state index in [1.165, 1.54) is 25.9 Å². The largest absolute Gasteiger partial charge is 0.494 e. The molecular formula is C38H44N8O4. The second-order valence-electron chi connectivity index (χ2n) is 13.6. The molecule has 1 amide bonds. The smallest absolute Gasteiger partial charge is 0.227 e. The van der Waals surface area contributed by atoms with Crippen LogP contribution in [0.4, 0.5) is 23.0 Å². The van der Waals surface area contributed by atoms with E-state index >= 15 is 0 Å². The molecule has 2 aromatic carbocycles. The normalized spacial score (nSPS) is 17.0. The van der Waals surface area contributed by atoms with Crippen LogP contribution in [0.5, 0.6) is 5.75 Å². The van der Waals surface area contributed by atoms with Gasteiger partial charge in [0.25, 0.3) is 0 Å². The van der Waals surface area contributed by atoms with Gasteiger partial charge in [-0.25, -0.2) is 15.0 Å². The monoisotopic (exact) mass is 676 g/mol. The molecule has 8 rings (SSSR count). The number of imidazole rings is 1. The van der Waals surface area contributed by atoms with Crippen LogP contribution >= 0.6 is 0 Å². The summed E-state index contributed by atoms with van der Waals surface area (Å²) in [7, 11) is 1.66. The van der Waals surface area contributed by atoms with E-state index in [1.807, 2.05) is 42.5 Å². The molecule has 5 aromatic rings. The zero-order valence-corrected chi connectivity index (χ0v) is 28.5. The maximum Gasteiger partial charge on any atom is 0.227 e. The molecule has 4 N–H and O–H groups in total. The molecule has 12 heteroatoms. The molecule has 0 spiro atoms. The molecule has 0 atom stereocenters. The highest BCUT2D eigenvalue weighted by atomic mass is 16.5. The van der Waals surface area contributed by atoms with Gasteiger partial charge in [0.2, 0.25) is 11.9 Å². The molecule has 3 aromatic heterocycles. The summed E-state index contributed by atoms with van der Waals surface area (Å²) in [5.41, 5.74) is 6.18. The number of carbonyl (C=O) groups is 1. The lowest BCUT2D eigenvalue weighted by Crippen LogP contribution is -2.44. The summed E-state index contributed by atoms with van der Waals surface area (Å²) in [6.07, 6.45) is 11.2. The van der Waals surface area contributed by atoms with E-state index < -0.39 is 0 Å². The lowest BCUT2D eigenvalue weighted by atomic mass is 10.0. The quantitative estimate of drug-likeness (QED) is 0.118. The highest BCUT2D eigenvalue weighted by Crippen LogP contribution is 2.41. The number of aromatic nitrogens is 4. The summed E-state index contributed by atoms with van der Waals surface area (Å²) >= 11 is 0. The SMILES string of the molecule is COc1cc(N2CCC(N3CCCC3)CC2)c(NC(=O)C2CC2)cc1Nc1nccc(-c2[nH]c(CCCO)nc2-c2ccc3ccoc3c2)n1. The Bertz CT molecular complexity index is 1970. The van der Waals surface area contributed by atoms with Crippen LogP contribution in [-0.2, 0) is 11.2 Å². The number of fused-ring (bicyclic) bond motifs is 1. The van der Waals surface area contributed by atoms with Crippen LogP contribution in [0.3, 0.4) is 0 Å². The van der Waals surface area contributed by atoms with Crippen LogP contribution < -0.4 is 20.3 Å². The number of nitrogens with one attached hydrogen (secondary N) is 3. The van der Waals surface area contributed by atoms with Gasteiger partial charge in [0.15, 0.2) is 0 Å². The van der Waals surface area contributed by atoms with Gasteiger partial charge in [-0.05, 0) is 82.3 Å². The predicted octanol–water partition coefficient (Wildman–Crippen LogP) is 6.37. The first kappa shape index (κ1) is 32.3. The van der Waals surface area contributed by atoms with Crippen molar-refractivity contribution in [2.45, 2.75) is 57.4 Å². The van der Waals surface area contributed by atoms with Gasteiger partial charge in [-0.1, -0.05) is 12.1 Å². The minimum absolute atomic E-state index is 0.0593. The minimum atomic E-state index is 0.0593. The number of aliphatic hydroxyl groups is 1. The Morgan fingerprint density at radius 1 is 1.02 bits per heavy atom. The number of H-pyrrole nitrogens is 1. The van der Waals surface area contributed by atoms with Gasteiger partial charge in [-0.15, -0.1) is 0 Å². The van der Waals surface area contributed by atoms with Gasteiger partial charge in [0, 0.05) is 61.3 Å². The number of benzene rings is 2. The van der Waals surface area contributed by atoms with E-state index in [0.717, 1.165) is 83.9 Å². The molecule has 1 aliphatic carbocycles. The third kappa shape index (κ3) is 6.77. The van der Waals surface area contributed by atoms with Crippen molar-refractivity contribution in [1.29, 1.82) is 0 Å². The second-order valence-corrected chi connectivity index (χ2v) is 13.6. The predicted molar refractivity (Wildman–Crippen MR) is 194 cm³/mol. The molecular weight excluding hydrogens is 632 g/mol. The summed E-state index contributed by atoms with van der Waals surface area (Å²) in [6.45, 7) is 4.34. The van der Waals surface area contributed by atoms with Crippen molar-refractivity contribution in [2.24, 2.45) is 5.92 Å². The maximum absolute atomic E-state index is 13.1. The Kier molecular flexibility index (Phi) is 9.12. The number of likely N-dealkylation sites (tertiary alicyclic amines) is 1. The molecule has 3 aliphatic rings. The number of aryl methyl sites for hydroxylation is 1. The summed E-state index contributed by atoms with van der Waals surface area (Å²) in [5, 5.41) is 17.1. The number of carbonyl (C=O) groups excluding carboxylic acids is 1. The van der Waals surface area contributed by atoms with Crippen molar-refractivity contribution in [3.63, 3.8) is 0 Å². The van der Waals surface area contributed by atoms with Crippen LogP contribution in [0.15, 0.2) is 59.3 Å². The first-order valence-electron chi connectivity index (χ1n) is 17.9. The molecule has 0 unspecified atom stereocenters. The number of aliphatic hydroxyl groups excluding tert-OH is 1. The molecule has 5 heterocycles. The van der Waals surface area contributed by atoms with Gasteiger partial charge >= 0.3 is 0 Å². The number of hydrogen-bond acceptors (Lipinski definition) is 10. The van der Waals surface area contributed by atoms with E-state index in [0.29, 0.717) is 42.0 Å². The number of anilines is 4. The summed E-state index contributed by atoms with van der Waals surface area (Å²) in [4.78, 5) is 35.9. The fraction of sp³-hybridized carbons (Fsp3) is 0.421. The molecule has 50 heavy (non-hydrogen) atoms. The molecule has 12 nitrogen and oxygen atoms in total. The second kappa shape index (κ2) is 14.1. The van der Waals surface area contributed by atoms with Crippen molar-refractivity contribution >= 4 is 39.9 Å². The number of rotatable bonds is 12. The zero-order valence-electron chi connectivity index (χ0n) is 28.5. The van der Waals surface area contributed by atoms with Crippen LogP contribution in [0.25, 0.3) is 33.6 Å². The zero-order chi connectivity index (χ0) is 34.0. The average Bonchev–Trinajstić information content (AvgIpc) is 3.48. The lowest BCUT2D eigenvalue weighted by Gasteiger charge is -2.38. The number of piperidine rings is 1. The van der Waals surface area contributed by atoms with Gasteiger partial charge in [-0.3, -0.25) is 4.79 Å². The molecule has 1 saturated carbocycles. The van der Waals surface area contributed by atoms with E-state index in [9.17, 15) is 9.90 Å². The molecule has 0 radical (unpaired) electrons. The highest BCUT2D eigenvalue weighted by molar-refractivity contribution is 5.98. The topological polar surface area (TPSA) is 145 Å². The third-order valence-corrected chi connectivity index (χ3v) is 10.2. The fourth-order valence-electron chi connectivity index (χ4n) is 7.32. The van der Waals surface area contributed by atoms with Gasteiger partial charge in [0.1, 0.15) is 17.2 Å². The average molecular weight is 677 g/mol. The van der Waals surface area contributed by atoms with Crippen LogP contribution in [-0.4, -0.2) is 81.8 Å². The van der Waals surface area contributed by atoms with Crippen LogP contribution in [0.2, 0.25) is 0 Å². The Morgan fingerprint density at radius 2 is 1.86 bits per heavy atom. The number of hydrogen-bond donors (Lipinski definition) is 4. The third-order valence-electron chi connectivity index (χ3n) is 10.2. The number of ether oxygens (including phenoxy) is 1. The summed E-state index contributed by atoms with van der Waals surface area (Å²) in [5.74, 6) is 1.90. The molecule has 260 valence electrons. The van der Waals surface area contributed by atoms with E-state index in [1.54, 1.807) is 19.6 Å². The van der Waals surface area contributed by atoms with Crippen molar-refractivity contribution in [3.05, 3.63) is 60.7 Å². The number of methoxy groups -OCH3 is 1. The summed E-state index contributed by atoms with van der Waals surface area (Å²) in [6, 6.07) is 14.4. The van der Waals surface area contributed by atoms with E-state index in [-0.39, 0.29) is 18.4 Å². The Labute approximate surface area is 291 Å². The fourth-order valence-corrected chi connectivity index (χ4v) is 7.32. The van der Waals surface area contributed by atoms with Crippen molar-refractivity contribution < 1.29 is 19.1 Å². The molecule has 2 saturated heterocycles. The number of furan rings is 1. The first-order chi connectivity index (χ1) is 24.6. The number of nitrogens with zero attached hydrogens (tertiary/aromatic N) is 5. The number of aromatic amines is 1. The Morgan fingerprint density at radius 3 is 2.64 bits per heavy atom. The van der Waals surface area contributed by atoms with Crippen LogP contribution in [0, 0.1) is 5.92 Å².